The van der Waals surface area contributed by atoms with Crippen LogP contribution in [-0.4, -0.2) is 22.1 Å². The number of carbonyl (C=O) groups excluding carboxylic acids is 1. The van der Waals surface area contributed by atoms with Crippen molar-refractivity contribution < 1.29 is 4.79 Å². The van der Waals surface area contributed by atoms with Gasteiger partial charge in [0.1, 0.15) is 5.69 Å². The zero-order chi connectivity index (χ0) is 14.5. The molecule has 5 nitrogen and oxygen atoms in total. The van der Waals surface area contributed by atoms with Gasteiger partial charge in [-0.1, -0.05) is 20.8 Å². The van der Waals surface area contributed by atoms with Crippen LogP contribution in [0.2, 0.25) is 0 Å². The molecule has 2 N–H and O–H groups in total. The fourth-order valence-corrected chi connectivity index (χ4v) is 4.13. The zero-order valence-electron chi connectivity index (χ0n) is 12.2. The number of nitrogens with zero attached hydrogens (tertiary/aromatic N) is 1. The molecule has 3 rings (SSSR count). The molecule has 0 aliphatic heterocycles. The fraction of sp³-hybridized carbons (Fsp3) is 0.667. The number of nitrogens with one attached hydrogen (secondary N) is 2. The smallest absolute Gasteiger partial charge is 0.271 e. The van der Waals surface area contributed by atoms with Crippen LogP contribution in [-0.2, 0) is 0 Å². The van der Waals surface area contributed by atoms with Gasteiger partial charge in [-0.3, -0.25) is 9.59 Å². The predicted molar refractivity (Wildman–Crippen MR) is 75.3 cm³/mol. The highest BCUT2D eigenvalue weighted by molar-refractivity contribution is 5.92. The summed E-state index contributed by atoms with van der Waals surface area (Å²) in [5, 5.41) is 9.21. The van der Waals surface area contributed by atoms with E-state index in [4.69, 9.17) is 0 Å². The Morgan fingerprint density at radius 1 is 1.40 bits per heavy atom. The quantitative estimate of drug-likeness (QED) is 0.863. The highest BCUT2D eigenvalue weighted by Crippen LogP contribution is 2.65. The standard InChI is InChI=1S/C15H21N3O2/c1-14(2)9-6-7-15(14,3)11(8-9)16-13(20)10-4-5-12(19)18-17-10/h4-5,9,11H,6-8H2,1-3H3,(H,16,20)(H,18,19). The maximum atomic E-state index is 12.2. The van der Waals surface area contributed by atoms with E-state index in [0.717, 1.165) is 12.8 Å². The van der Waals surface area contributed by atoms with E-state index in [1.54, 1.807) is 0 Å². The average Bonchev–Trinajstić information content (AvgIpc) is 2.72. The SMILES string of the molecule is CC1(C)C2CCC1(C)C(NC(=O)c1ccc(=O)[nH]n1)C2. The Morgan fingerprint density at radius 3 is 2.65 bits per heavy atom. The molecule has 1 amide bonds. The predicted octanol–water partition coefficient (Wildman–Crippen LogP) is 1.71. The lowest BCUT2D eigenvalue weighted by Gasteiger charge is -2.39. The first-order chi connectivity index (χ1) is 9.34. The van der Waals surface area contributed by atoms with Crippen LogP contribution in [0.3, 0.4) is 0 Å². The molecular weight excluding hydrogens is 254 g/mol. The maximum Gasteiger partial charge on any atom is 0.271 e. The van der Waals surface area contributed by atoms with Crippen molar-refractivity contribution in [2.45, 2.75) is 46.1 Å². The minimum atomic E-state index is -0.297. The lowest BCUT2D eigenvalue weighted by Crippen LogP contribution is -2.47. The summed E-state index contributed by atoms with van der Waals surface area (Å²) in [4.78, 5) is 23.2. The summed E-state index contributed by atoms with van der Waals surface area (Å²) in [7, 11) is 0. The molecule has 0 spiro atoms. The second-order valence-electron chi connectivity index (χ2n) is 6.94. The van der Waals surface area contributed by atoms with Crippen LogP contribution in [0, 0.1) is 16.7 Å². The number of hydrogen-bond acceptors (Lipinski definition) is 3. The number of rotatable bonds is 2. The van der Waals surface area contributed by atoms with Gasteiger partial charge in [0.05, 0.1) is 0 Å². The summed E-state index contributed by atoms with van der Waals surface area (Å²) in [6, 6.07) is 2.99. The summed E-state index contributed by atoms with van der Waals surface area (Å²) < 4.78 is 0. The molecule has 5 heteroatoms. The molecule has 1 heterocycles. The number of hydrogen-bond donors (Lipinski definition) is 2. The van der Waals surface area contributed by atoms with Crippen LogP contribution in [0.25, 0.3) is 0 Å². The highest BCUT2D eigenvalue weighted by atomic mass is 16.2. The molecule has 108 valence electrons. The minimum Gasteiger partial charge on any atom is -0.347 e. The Bertz CT molecular complexity index is 587. The van der Waals surface area contributed by atoms with Gasteiger partial charge in [0.15, 0.2) is 0 Å². The normalized spacial score (nSPS) is 34.1. The van der Waals surface area contributed by atoms with Gasteiger partial charge >= 0.3 is 0 Å². The van der Waals surface area contributed by atoms with Crippen molar-refractivity contribution in [2.75, 3.05) is 0 Å². The molecule has 2 aliphatic rings. The second kappa shape index (κ2) is 4.17. The van der Waals surface area contributed by atoms with E-state index in [2.05, 4.69) is 36.3 Å². The van der Waals surface area contributed by atoms with Crippen LogP contribution < -0.4 is 10.9 Å². The van der Waals surface area contributed by atoms with Crippen molar-refractivity contribution in [1.29, 1.82) is 0 Å². The summed E-state index contributed by atoms with van der Waals surface area (Å²) in [5.41, 5.74) is 0.391. The van der Waals surface area contributed by atoms with E-state index in [1.165, 1.54) is 18.6 Å². The third-order valence-electron chi connectivity index (χ3n) is 6.01. The molecule has 0 radical (unpaired) electrons. The Kier molecular flexibility index (Phi) is 2.78. The fourth-order valence-electron chi connectivity index (χ4n) is 4.13. The molecule has 3 unspecified atom stereocenters. The van der Waals surface area contributed by atoms with Crippen molar-refractivity contribution in [2.24, 2.45) is 16.7 Å². The zero-order valence-corrected chi connectivity index (χ0v) is 12.2. The Labute approximate surface area is 118 Å². The average molecular weight is 275 g/mol. The highest BCUT2D eigenvalue weighted by Gasteiger charge is 2.61. The molecule has 2 saturated carbocycles. The van der Waals surface area contributed by atoms with Crippen molar-refractivity contribution in [1.82, 2.24) is 15.5 Å². The van der Waals surface area contributed by atoms with Gasteiger partial charge in [-0.25, -0.2) is 5.10 Å². The van der Waals surface area contributed by atoms with Gasteiger partial charge < -0.3 is 5.32 Å². The van der Waals surface area contributed by atoms with Crippen LogP contribution in [0.5, 0.6) is 0 Å². The van der Waals surface area contributed by atoms with E-state index in [0.29, 0.717) is 5.92 Å². The number of aromatic amines is 1. The topological polar surface area (TPSA) is 74.8 Å². The minimum absolute atomic E-state index is 0.148. The Balaban J connectivity index is 1.78. The van der Waals surface area contributed by atoms with Crippen molar-refractivity contribution in [3.8, 4) is 0 Å². The van der Waals surface area contributed by atoms with Crippen molar-refractivity contribution in [3.05, 3.63) is 28.2 Å². The van der Waals surface area contributed by atoms with Gasteiger partial charge in [0, 0.05) is 12.1 Å². The van der Waals surface area contributed by atoms with Crippen LogP contribution >= 0.6 is 0 Å². The van der Waals surface area contributed by atoms with E-state index < -0.39 is 0 Å². The molecule has 0 saturated heterocycles. The Morgan fingerprint density at radius 2 is 2.15 bits per heavy atom. The summed E-state index contributed by atoms with van der Waals surface area (Å²) in [6.07, 6.45) is 3.46. The first kappa shape index (κ1) is 13.3. The lowest BCUT2D eigenvalue weighted by atomic mass is 9.69. The molecule has 3 atom stereocenters. The second-order valence-corrected chi connectivity index (χ2v) is 6.94. The number of carbonyl (C=O) groups is 1. The molecule has 2 fully saturated rings. The molecular formula is C15H21N3O2. The molecule has 2 aliphatic carbocycles. The molecule has 20 heavy (non-hydrogen) atoms. The summed E-state index contributed by atoms with van der Waals surface area (Å²) >= 11 is 0. The lowest BCUT2D eigenvalue weighted by molar-refractivity contribution is 0.0820. The molecule has 0 aromatic carbocycles. The van der Waals surface area contributed by atoms with Crippen molar-refractivity contribution in [3.63, 3.8) is 0 Å². The van der Waals surface area contributed by atoms with E-state index in [-0.39, 0.29) is 34.0 Å². The monoisotopic (exact) mass is 275 g/mol. The van der Waals surface area contributed by atoms with Crippen LogP contribution in [0.15, 0.2) is 16.9 Å². The van der Waals surface area contributed by atoms with Crippen LogP contribution in [0.4, 0.5) is 0 Å². The van der Waals surface area contributed by atoms with Gasteiger partial charge in [-0.2, -0.15) is 5.10 Å². The van der Waals surface area contributed by atoms with Crippen molar-refractivity contribution >= 4 is 5.91 Å². The molecule has 1 aromatic heterocycles. The number of aromatic nitrogens is 2. The maximum absolute atomic E-state index is 12.2. The van der Waals surface area contributed by atoms with Gasteiger partial charge in [-0.15, -0.1) is 0 Å². The first-order valence-corrected chi connectivity index (χ1v) is 7.21. The molecule has 2 bridgehead atoms. The summed E-state index contributed by atoms with van der Waals surface area (Å²) in [6.45, 7) is 6.91. The van der Waals surface area contributed by atoms with Gasteiger partial charge in [-0.05, 0) is 42.1 Å². The van der Waals surface area contributed by atoms with E-state index in [9.17, 15) is 9.59 Å². The number of fused-ring (bicyclic) bond motifs is 2. The Hall–Kier alpha value is -1.65. The molecule has 1 aromatic rings. The third-order valence-corrected chi connectivity index (χ3v) is 6.01. The largest absolute Gasteiger partial charge is 0.347 e. The van der Waals surface area contributed by atoms with E-state index >= 15 is 0 Å². The van der Waals surface area contributed by atoms with E-state index in [1.807, 2.05) is 0 Å². The van der Waals surface area contributed by atoms with Crippen LogP contribution in [0.1, 0.15) is 50.5 Å². The first-order valence-electron chi connectivity index (χ1n) is 7.21. The number of H-pyrrole nitrogens is 1. The number of amides is 1. The van der Waals surface area contributed by atoms with Gasteiger partial charge in [0.2, 0.25) is 0 Å². The summed E-state index contributed by atoms with van der Waals surface area (Å²) in [5.74, 6) is 0.483. The van der Waals surface area contributed by atoms with Gasteiger partial charge in [0.25, 0.3) is 11.5 Å². The third kappa shape index (κ3) is 1.72.